The Labute approximate surface area is 124 Å². The molecule has 0 aromatic heterocycles. The number of nitrogens with one attached hydrogen (secondary N) is 2. The number of sulfonamides is 1. The highest BCUT2D eigenvalue weighted by atomic mass is 32.2. The number of benzene rings is 1. The van der Waals surface area contributed by atoms with E-state index in [4.69, 9.17) is 4.74 Å². The topological polar surface area (TPSA) is 67.4 Å². The Morgan fingerprint density at radius 1 is 1.43 bits per heavy atom. The third-order valence-electron chi connectivity index (χ3n) is 3.27. The maximum atomic E-state index is 13.5. The van der Waals surface area contributed by atoms with Crippen LogP contribution in [-0.4, -0.2) is 33.7 Å². The maximum Gasteiger partial charge on any atom is 0.241 e. The first-order valence-corrected chi connectivity index (χ1v) is 8.48. The van der Waals surface area contributed by atoms with E-state index in [9.17, 15) is 12.8 Å². The van der Waals surface area contributed by atoms with Gasteiger partial charge >= 0.3 is 0 Å². The van der Waals surface area contributed by atoms with Gasteiger partial charge in [-0.15, -0.1) is 0 Å². The van der Waals surface area contributed by atoms with E-state index >= 15 is 0 Å². The summed E-state index contributed by atoms with van der Waals surface area (Å²) in [5.41, 5.74) is 0.552. The van der Waals surface area contributed by atoms with E-state index in [1.807, 2.05) is 13.8 Å². The molecule has 2 N–H and O–H groups in total. The normalized spacial score (nSPS) is 19.3. The van der Waals surface area contributed by atoms with Crippen LogP contribution < -0.4 is 10.0 Å². The van der Waals surface area contributed by atoms with Crippen molar-refractivity contribution in [2.45, 2.75) is 43.8 Å². The number of rotatable bonds is 6. The van der Waals surface area contributed by atoms with Gasteiger partial charge in [0.1, 0.15) is 5.82 Å². The molecule has 1 fully saturated rings. The molecular formula is C14H21FN2O3S. The van der Waals surface area contributed by atoms with E-state index in [2.05, 4.69) is 10.0 Å². The van der Waals surface area contributed by atoms with Crippen molar-refractivity contribution >= 4 is 10.0 Å². The summed E-state index contributed by atoms with van der Waals surface area (Å²) in [6, 6.07) is 3.81. The summed E-state index contributed by atoms with van der Waals surface area (Å²) in [6.45, 7) is 5.19. The molecule has 1 aliphatic heterocycles. The molecule has 1 aromatic carbocycles. The molecule has 0 radical (unpaired) electrons. The van der Waals surface area contributed by atoms with E-state index < -0.39 is 15.8 Å². The van der Waals surface area contributed by atoms with E-state index in [0.717, 1.165) is 6.07 Å². The molecule has 1 atom stereocenters. The zero-order chi connectivity index (χ0) is 15.5. The van der Waals surface area contributed by atoms with Crippen molar-refractivity contribution in [1.82, 2.24) is 10.0 Å². The van der Waals surface area contributed by atoms with Gasteiger partial charge in [-0.05, 0) is 24.1 Å². The predicted molar refractivity (Wildman–Crippen MR) is 77.9 cm³/mol. The van der Waals surface area contributed by atoms with Gasteiger partial charge in [-0.2, -0.15) is 0 Å². The molecule has 0 aliphatic carbocycles. The highest BCUT2D eigenvalue weighted by Gasteiger charge is 2.25. The van der Waals surface area contributed by atoms with E-state index in [0.29, 0.717) is 31.7 Å². The third-order valence-corrected chi connectivity index (χ3v) is 4.87. The fraction of sp³-hybridized carbons (Fsp3) is 0.571. The van der Waals surface area contributed by atoms with Gasteiger partial charge in [-0.3, -0.25) is 0 Å². The maximum absolute atomic E-state index is 13.5. The Hall–Kier alpha value is -1.02. The van der Waals surface area contributed by atoms with Crippen LogP contribution in [0.15, 0.2) is 23.1 Å². The first-order valence-electron chi connectivity index (χ1n) is 7.00. The summed E-state index contributed by atoms with van der Waals surface area (Å²) in [7, 11) is -3.75. The Kier molecular flexibility index (Phi) is 5.32. The smallest absolute Gasteiger partial charge is 0.241 e. The van der Waals surface area contributed by atoms with Gasteiger partial charge in [0.05, 0.1) is 11.5 Å². The van der Waals surface area contributed by atoms with Crippen LogP contribution in [0.3, 0.4) is 0 Å². The number of hydrogen-bond donors (Lipinski definition) is 2. The summed E-state index contributed by atoms with van der Waals surface area (Å²) in [6.07, 6.45) is 0.633. The lowest BCUT2D eigenvalue weighted by atomic mass is 10.2. The Morgan fingerprint density at radius 3 is 2.81 bits per heavy atom. The largest absolute Gasteiger partial charge is 0.380 e. The molecular weight excluding hydrogens is 295 g/mol. The van der Waals surface area contributed by atoms with Crippen LogP contribution in [0.5, 0.6) is 0 Å². The fourth-order valence-corrected chi connectivity index (χ4v) is 3.65. The second kappa shape index (κ2) is 6.83. The van der Waals surface area contributed by atoms with Crippen LogP contribution in [-0.2, 0) is 21.3 Å². The summed E-state index contributed by atoms with van der Waals surface area (Å²) in [5, 5.41) is 3.15. The van der Waals surface area contributed by atoms with Crippen LogP contribution in [0.1, 0.15) is 25.8 Å². The summed E-state index contributed by atoms with van der Waals surface area (Å²) in [4.78, 5) is -0.0115. The lowest BCUT2D eigenvalue weighted by molar-refractivity contribution is 0.192. The summed E-state index contributed by atoms with van der Waals surface area (Å²) < 4.78 is 46.1. The van der Waals surface area contributed by atoms with E-state index in [1.165, 1.54) is 12.1 Å². The van der Waals surface area contributed by atoms with Crippen LogP contribution >= 0.6 is 0 Å². The zero-order valence-corrected chi connectivity index (χ0v) is 13.0. The van der Waals surface area contributed by atoms with Gasteiger partial charge in [-0.25, -0.2) is 17.5 Å². The summed E-state index contributed by atoms with van der Waals surface area (Å²) in [5.74, 6) is -0.564. The van der Waals surface area contributed by atoms with Gasteiger partial charge in [0.2, 0.25) is 10.0 Å². The van der Waals surface area contributed by atoms with Gasteiger partial charge in [0.15, 0.2) is 0 Å². The van der Waals surface area contributed by atoms with Gasteiger partial charge in [0, 0.05) is 25.2 Å². The zero-order valence-electron chi connectivity index (χ0n) is 12.2. The molecule has 1 aromatic rings. The fourth-order valence-electron chi connectivity index (χ4n) is 2.15. The summed E-state index contributed by atoms with van der Waals surface area (Å²) >= 11 is 0. The van der Waals surface area contributed by atoms with Crippen molar-refractivity contribution in [2.24, 2.45) is 0 Å². The minimum absolute atomic E-state index is 0.0115. The number of ether oxygens (including phenoxy) is 1. The van der Waals surface area contributed by atoms with Crippen molar-refractivity contribution in [3.63, 3.8) is 0 Å². The molecule has 118 valence electrons. The third kappa shape index (κ3) is 4.47. The Bertz CT molecular complexity index is 584. The van der Waals surface area contributed by atoms with Crippen LogP contribution in [0.4, 0.5) is 4.39 Å². The van der Waals surface area contributed by atoms with Crippen molar-refractivity contribution < 1.29 is 17.5 Å². The minimum Gasteiger partial charge on any atom is -0.380 e. The van der Waals surface area contributed by atoms with Crippen molar-refractivity contribution in [3.8, 4) is 0 Å². The molecule has 5 nitrogen and oxygen atoms in total. The Balaban J connectivity index is 2.24. The molecule has 2 rings (SSSR count). The lowest BCUT2D eigenvalue weighted by Gasteiger charge is -2.16. The molecule has 1 aliphatic rings. The Morgan fingerprint density at radius 2 is 2.19 bits per heavy atom. The van der Waals surface area contributed by atoms with E-state index in [-0.39, 0.29) is 17.0 Å². The SMILES string of the molecule is CC(C)NCc1ccc(F)cc1S(=O)(=O)NC1CCOC1. The van der Waals surface area contributed by atoms with Gasteiger partial charge in [-0.1, -0.05) is 19.9 Å². The monoisotopic (exact) mass is 316 g/mol. The second-order valence-corrected chi connectivity index (χ2v) is 7.15. The standard InChI is InChI=1S/C14H21FN2O3S/c1-10(2)16-8-11-3-4-12(15)7-14(11)21(18,19)17-13-5-6-20-9-13/h3-4,7,10,13,16-17H,5-6,8-9H2,1-2H3. The molecule has 7 heteroatoms. The average molecular weight is 316 g/mol. The minimum atomic E-state index is -3.75. The quantitative estimate of drug-likeness (QED) is 0.832. The molecule has 21 heavy (non-hydrogen) atoms. The average Bonchev–Trinajstić information content (AvgIpc) is 2.89. The van der Waals surface area contributed by atoms with E-state index in [1.54, 1.807) is 0 Å². The highest BCUT2D eigenvalue weighted by Crippen LogP contribution is 2.19. The van der Waals surface area contributed by atoms with Gasteiger partial charge in [0.25, 0.3) is 0 Å². The highest BCUT2D eigenvalue weighted by molar-refractivity contribution is 7.89. The molecule has 1 saturated heterocycles. The molecule has 0 bridgehead atoms. The van der Waals surface area contributed by atoms with Crippen molar-refractivity contribution in [1.29, 1.82) is 0 Å². The first kappa shape index (κ1) is 16.4. The number of hydrogen-bond acceptors (Lipinski definition) is 4. The van der Waals surface area contributed by atoms with Crippen molar-refractivity contribution in [2.75, 3.05) is 13.2 Å². The molecule has 0 amide bonds. The second-order valence-electron chi connectivity index (χ2n) is 5.47. The van der Waals surface area contributed by atoms with Crippen molar-refractivity contribution in [3.05, 3.63) is 29.6 Å². The molecule has 1 unspecified atom stereocenters. The predicted octanol–water partition coefficient (Wildman–Crippen LogP) is 1.39. The molecule has 0 spiro atoms. The van der Waals surface area contributed by atoms with Crippen LogP contribution in [0.25, 0.3) is 0 Å². The van der Waals surface area contributed by atoms with Crippen LogP contribution in [0, 0.1) is 5.82 Å². The van der Waals surface area contributed by atoms with Gasteiger partial charge < -0.3 is 10.1 Å². The molecule has 1 heterocycles. The molecule has 0 saturated carbocycles. The lowest BCUT2D eigenvalue weighted by Crippen LogP contribution is -2.36. The van der Waals surface area contributed by atoms with Crippen LogP contribution in [0.2, 0.25) is 0 Å². The number of halogens is 1. The first-order chi connectivity index (χ1) is 9.88.